The lowest BCUT2D eigenvalue weighted by Crippen LogP contribution is -2.21. The highest BCUT2D eigenvalue weighted by Crippen LogP contribution is 2.22. The molecule has 0 aliphatic carbocycles. The van der Waals surface area contributed by atoms with E-state index in [4.69, 9.17) is 23.1 Å². The van der Waals surface area contributed by atoms with Crippen molar-refractivity contribution in [1.82, 2.24) is 0 Å². The SMILES string of the molecule is CC(C)(C)/C(N)=C/C(CN)=Nc1cccc(Cl)c1. The molecule has 0 aliphatic rings. The summed E-state index contributed by atoms with van der Waals surface area (Å²) in [5.74, 6) is 0. The van der Waals surface area contributed by atoms with Gasteiger partial charge in [0.25, 0.3) is 0 Å². The van der Waals surface area contributed by atoms with E-state index in [2.05, 4.69) is 4.99 Å². The lowest BCUT2D eigenvalue weighted by atomic mass is 9.91. The van der Waals surface area contributed by atoms with Crippen LogP contribution in [0, 0.1) is 5.41 Å². The van der Waals surface area contributed by atoms with Crippen molar-refractivity contribution in [3.05, 3.63) is 41.1 Å². The number of allylic oxidation sites excluding steroid dienone is 1. The summed E-state index contributed by atoms with van der Waals surface area (Å²) in [7, 11) is 0. The van der Waals surface area contributed by atoms with Gasteiger partial charge in [0.05, 0.1) is 11.4 Å². The molecule has 0 heterocycles. The molecule has 0 aliphatic heterocycles. The van der Waals surface area contributed by atoms with Crippen LogP contribution in [0.3, 0.4) is 0 Å². The van der Waals surface area contributed by atoms with E-state index in [1.807, 2.05) is 45.0 Å². The van der Waals surface area contributed by atoms with Crippen LogP contribution in [0.25, 0.3) is 0 Å². The van der Waals surface area contributed by atoms with Crippen LogP contribution in [0.2, 0.25) is 5.02 Å². The van der Waals surface area contributed by atoms with Crippen molar-refractivity contribution in [1.29, 1.82) is 0 Å². The third kappa shape index (κ3) is 4.51. The minimum Gasteiger partial charge on any atom is -0.402 e. The Morgan fingerprint density at radius 1 is 1.39 bits per heavy atom. The van der Waals surface area contributed by atoms with Crippen LogP contribution >= 0.6 is 11.6 Å². The molecule has 98 valence electrons. The summed E-state index contributed by atoms with van der Waals surface area (Å²) in [5.41, 5.74) is 13.9. The van der Waals surface area contributed by atoms with E-state index < -0.39 is 0 Å². The molecule has 3 nitrogen and oxygen atoms in total. The van der Waals surface area contributed by atoms with Crippen LogP contribution in [0.15, 0.2) is 41.0 Å². The monoisotopic (exact) mass is 265 g/mol. The van der Waals surface area contributed by atoms with Gasteiger partial charge in [-0.2, -0.15) is 0 Å². The number of rotatable bonds is 3. The third-order valence-corrected chi connectivity index (χ3v) is 2.71. The van der Waals surface area contributed by atoms with E-state index in [0.717, 1.165) is 17.1 Å². The van der Waals surface area contributed by atoms with Crippen molar-refractivity contribution in [3.63, 3.8) is 0 Å². The van der Waals surface area contributed by atoms with Crippen molar-refractivity contribution in [2.75, 3.05) is 6.54 Å². The first-order valence-corrected chi connectivity index (χ1v) is 6.21. The number of benzene rings is 1. The standard InChI is InChI=1S/C14H20ClN3/c1-14(2,3)13(17)8-12(9-16)18-11-6-4-5-10(15)7-11/h4-8H,9,16-17H2,1-3H3/b13-8-,18-12?. The first-order chi connectivity index (χ1) is 8.32. The molecule has 1 aromatic rings. The van der Waals surface area contributed by atoms with Crippen LogP contribution < -0.4 is 11.5 Å². The molecular formula is C14H20ClN3. The fourth-order valence-electron chi connectivity index (χ4n) is 1.24. The maximum absolute atomic E-state index is 6.01. The topological polar surface area (TPSA) is 64.4 Å². The fourth-order valence-corrected chi connectivity index (χ4v) is 1.43. The predicted octanol–water partition coefficient (Wildman–Crippen LogP) is 3.26. The molecular weight excluding hydrogens is 246 g/mol. The second kappa shape index (κ2) is 6.03. The Morgan fingerprint density at radius 2 is 2.06 bits per heavy atom. The average molecular weight is 266 g/mol. The van der Waals surface area contributed by atoms with Crippen LogP contribution in [0.1, 0.15) is 20.8 Å². The van der Waals surface area contributed by atoms with Crippen LogP contribution in [-0.4, -0.2) is 12.3 Å². The lowest BCUT2D eigenvalue weighted by molar-refractivity contribution is 0.498. The van der Waals surface area contributed by atoms with Gasteiger partial charge in [0.15, 0.2) is 0 Å². The van der Waals surface area contributed by atoms with Crippen molar-refractivity contribution >= 4 is 23.0 Å². The summed E-state index contributed by atoms with van der Waals surface area (Å²) >= 11 is 5.91. The molecule has 1 aromatic carbocycles. The van der Waals surface area contributed by atoms with Crippen molar-refractivity contribution in [3.8, 4) is 0 Å². The zero-order valence-electron chi connectivity index (χ0n) is 11.1. The number of hydrogen-bond acceptors (Lipinski definition) is 3. The summed E-state index contributed by atoms with van der Waals surface area (Å²) < 4.78 is 0. The van der Waals surface area contributed by atoms with Crippen molar-refractivity contribution < 1.29 is 0 Å². The highest BCUT2D eigenvalue weighted by Gasteiger charge is 2.13. The third-order valence-electron chi connectivity index (χ3n) is 2.48. The maximum atomic E-state index is 6.01. The highest BCUT2D eigenvalue weighted by molar-refractivity contribution is 6.30. The Bertz CT molecular complexity index is 470. The van der Waals surface area contributed by atoms with Gasteiger partial charge in [0.1, 0.15) is 0 Å². The molecule has 18 heavy (non-hydrogen) atoms. The largest absolute Gasteiger partial charge is 0.402 e. The smallest absolute Gasteiger partial charge is 0.0648 e. The molecule has 0 unspecified atom stereocenters. The quantitative estimate of drug-likeness (QED) is 0.824. The van der Waals surface area contributed by atoms with Gasteiger partial charge in [-0.15, -0.1) is 0 Å². The second-order valence-electron chi connectivity index (χ2n) is 5.14. The Balaban J connectivity index is 3.04. The van der Waals surface area contributed by atoms with Gasteiger partial charge in [0.2, 0.25) is 0 Å². The van der Waals surface area contributed by atoms with E-state index in [9.17, 15) is 0 Å². The minimum atomic E-state index is -0.0930. The zero-order chi connectivity index (χ0) is 13.8. The van der Waals surface area contributed by atoms with Gasteiger partial charge in [-0.05, 0) is 24.3 Å². The Kier molecular flexibility index (Phi) is 4.93. The Labute approximate surface area is 114 Å². The zero-order valence-corrected chi connectivity index (χ0v) is 11.8. The van der Waals surface area contributed by atoms with Gasteiger partial charge >= 0.3 is 0 Å². The average Bonchev–Trinajstić information content (AvgIpc) is 2.26. The van der Waals surface area contributed by atoms with Crippen LogP contribution in [0.5, 0.6) is 0 Å². The predicted molar refractivity (Wildman–Crippen MR) is 79.3 cm³/mol. The molecule has 0 radical (unpaired) electrons. The van der Waals surface area contributed by atoms with Crippen LogP contribution in [0.4, 0.5) is 5.69 Å². The maximum Gasteiger partial charge on any atom is 0.0648 e. The van der Waals surface area contributed by atoms with E-state index in [1.165, 1.54) is 0 Å². The molecule has 0 atom stereocenters. The van der Waals surface area contributed by atoms with Gasteiger partial charge in [-0.3, -0.25) is 4.99 Å². The molecule has 0 saturated heterocycles. The van der Waals surface area contributed by atoms with Gasteiger partial charge in [-0.25, -0.2) is 0 Å². The lowest BCUT2D eigenvalue weighted by Gasteiger charge is -2.19. The Morgan fingerprint density at radius 3 is 2.56 bits per heavy atom. The number of aliphatic imine (C=N–C) groups is 1. The van der Waals surface area contributed by atoms with Gasteiger partial charge in [-0.1, -0.05) is 38.4 Å². The summed E-state index contributed by atoms with van der Waals surface area (Å²) in [6, 6.07) is 7.33. The molecule has 0 fully saturated rings. The first-order valence-electron chi connectivity index (χ1n) is 5.84. The summed E-state index contributed by atoms with van der Waals surface area (Å²) in [4.78, 5) is 4.44. The Hall–Kier alpha value is -1.32. The van der Waals surface area contributed by atoms with Crippen molar-refractivity contribution in [2.45, 2.75) is 20.8 Å². The fraction of sp³-hybridized carbons (Fsp3) is 0.357. The van der Waals surface area contributed by atoms with E-state index in [1.54, 1.807) is 6.07 Å². The molecule has 0 amide bonds. The van der Waals surface area contributed by atoms with E-state index in [-0.39, 0.29) is 5.41 Å². The molecule has 4 N–H and O–H groups in total. The molecule has 4 heteroatoms. The normalized spacial score (nSPS) is 13.8. The minimum absolute atomic E-state index is 0.0930. The summed E-state index contributed by atoms with van der Waals surface area (Å²) in [5, 5.41) is 0.653. The first kappa shape index (κ1) is 14.7. The van der Waals surface area contributed by atoms with E-state index >= 15 is 0 Å². The molecule has 0 spiro atoms. The molecule has 0 bridgehead atoms. The molecule has 1 rings (SSSR count). The van der Waals surface area contributed by atoms with Gasteiger partial charge in [0, 0.05) is 22.7 Å². The number of halogens is 1. The highest BCUT2D eigenvalue weighted by atomic mass is 35.5. The molecule has 0 saturated carbocycles. The number of nitrogens with zero attached hydrogens (tertiary/aromatic N) is 1. The number of nitrogens with two attached hydrogens (primary N) is 2. The number of hydrogen-bond donors (Lipinski definition) is 2. The summed E-state index contributed by atoms with van der Waals surface area (Å²) in [6.07, 6.45) is 1.83. The second-order valence-corrected chi connectivity index (χ2v) is 5.57. The van der Waals surface area contributed by atoms with Crippen molar-refractivity contribution in [2.24, 2.45) is 21.9 Å². The van der Waals surface area contributed by atoms with Gasteiger partial charge < -0.3 is 11.5 Å². The van der Waals surface area contributed by atoms with Crippen LogP contribution in [-0.2, 0) is 0 Å². The summed E-state index contributed by atoms with van der Waals surface area (Å²) in [6.45, 7) is 6.48. The molecule has 0 aromatic heterocycles. The van der Waals surface area contributed by atoms with E-state index in [0.29, 0.717) is 11.6 Å².